The predicted octanol–water partition coefficient (Wildman–Crippen LogP) is 3.29. The molecule has 0 bridgehead atoms. The Hall–Kier alpha value is -0.370. The van der Waals surface area contributed by atoms with Crippen LogP contribution in [0.4, 0.5) is 0 Å². The maximum Gasteiger partial charge on any atom is 0.0701 e. The Morgan fingerprint density at radius 3 is 2.93 bits per heavy atom. The van der Waals surface area contributed by atoms with E-state index in [1.54, 1.807) is 11.3 Å². The van der Waals surface area contributed by atoms with E-state index in [4.69, 9.17) is 5.26 Å². The van der Waals surface area contributed by atoms with E-state index in [-0.39, 0.29) is 0 Å². The molecule has 0 fully saturated rings. The Kier molecular flexibility index (Phi) is 5.16. The van der Waals surface area contributed by atoms with Gasteiger partial charge in [-0.3, -0.25) is 0 Å². The topological polar surface area (TPSA) is 35.8 Å². The van der Waals surface area contributed by atoms with Crippen LogP contribution in [0.5, 0.6) is 0 Å². The molecule has 4 heteroatoms. The fraction of sp³-hybridized carbons (Fsp3) is 0.500. The van der Waals surface area contributed by atoms with Crippen molar-refractivity contribution in [3.63, 3.8) is 0 Å². The smallest absolute Gasteiger partial charge is 0.0701 e. The molecule has 0 aliphatic carbocycles. The van der Waals surface area contributed by atoms with E-state index >= 15 is 0 Å². The SMILES string of the molecule is CC[C@@H](CC#N)NCc1ccc(Br)s1. The zero-order chi connectivity index (χ0) is 10.4. The molecule has 0 spiro atoms. The Balaban J connectivity index is 2.36. The van der Waals surface area contributed by atoms with Crippen LogP contribution in [0.1, 0.15) is 24.6 Å². The Morgan fingerprint density at radius 2 is 2.43 bits per heavy atom. The summed E-state index contributed by atoms with van der Waals surface area (Å²) >= 11 is 5.15. The van der Waals surface area contributed by atoms with Gasteiger partial charge >= 0.3 is 0 Å². The van der Waals surface area contributed by atoms with E-state index in [9.17, 15) is 0 Å². The number of hydrogen-bond acceptors (Lipinski definition) is 3. The lowest BCUT2D eigenvalue weighted by Gasteiger charge is -2.11. The van der Waals surface area contributed by atoms with Crippen molar-refractivity contribution in [2.45, 2.75) is 32.4 Å². The molecule has 0 aliphatic heterocycles. The first-order valence-electron chi connectivity index (χ1n) is 4.60. The predicted molar refractivity (Wildman–Crippen MR) is 63.2 cm³/mol. The average Bonchev–Trinajstić information content (AvgIpc) is 2.59. The molecule has 0 saturated carbocycles. The quantitative estimate of drug-likeness (QED) is 0.893. The molecule has 1 aromatic heterocycles. The van der Waals surface area contributed by atoms with Crippen molar-refractivity contribution in [2.75, 3.05) is 0 Å². The van der Waals surface area contributed by atoms with Crippen molar-refractivity contribution in [2.24, 2.45) is 0 Å². The summed E-state index contributed by atoms with van der Waals surface area (Å²) in [5.41, 5.74) is 0. The number of hydrogen-bond donors (Lipinski definition) is 1. The van der Waals surface area contributed by atoms with Gasteiger partial charge < -0.3 is 5.32 Å². The summed E-state index contributed by atoms with van der Waals surface area (Å²) in [5, 5.41) is 11.9. The van der Waals surface area contributed by atoms with E-state index in [1.807, 2.05) is 6.07 Å². The Morgan fingerprint density at radius 1 is 1.64 bits per heavy atom. The van der Waals surface area contributed by atoms with Crippen molar-refractivity contribution < 1.29 is 0 Å². The van der Waals surface area contributed by atoms with Crippen LogP contribution in [0.2, 0.25) is 0 Å². The maximum atomic E-state index is 8.57. The van der Waals surface area contributed by atoms with E-state index in [1.165, 1.54) is 4.88 Å². The number of rotatable bonds is 5. The maximum absolute atomic E-state index is 8.57. The molecule has 0 radical (unpaired) electrons. The van der Waals surface area contributed by atoms with Crippen LogP contribution >= 0.6 is 27.3 Å². The van der Waals surface area contributed by atoms with Crippen LogP contribution in [0.25, 0.3) is 0 Å². The fourth-order valence-electron chi connectivity index (χ4n) is 1.16. The summed E-state index contributed by atoms with van der Waals surface area (Å²) in [7, 11) is 0. The highest BCUT2D eigenvalue weighted by Gasteiger charge is 2.05. The van der Waals surface area contributed by atoms with Crippen LogP contribution in [-0.2, 0) is 6.54 Å². The second-order valence-corrected chi connectivity index (χ2v) is 5.60. The molecule has 0 saturated heterocycles. The van der Waals surface area contributed by atoms with Gasteiger partial charge in [0.2, 0.25) is 0 Å². The summed E-state index contributed by atoms with van der Waals surface area (Å²) < 4.78 is 1.16. The zero-order valence-electron chi connectivity index (χ0n) is 8.09. The van der Waals surface area contributed by atoms with Crippen LogP contribution < -0.4 is 5.32 Å². The highest BCUT2D eigenvalue weighted by Crippen LogP contribution is 2.21. The lowest BCUT2D eigenvalue weighted by Crippen LogP contribution is -2.26. The summed E-state index contributed by atoms with van der Waals surface area (Å²) in [6, 6.07) is 6.66. The van der Waals surface area contributed by atoms with Gasteiger partial charge in [0.05, 0.1) is 16.3 Å². The van der Waals surface area contributed by atoms with Crippen LogP contribution in [0.3, 0.4) is 0 Å². The van der Waals surface area contributed by atoms with Gasteiger partial charge in [-0.05, 0) is 34.5 Å². The van der Waals surface area contributed by atoms with Crippen LogP contribution in [0.15, 0.2) is 15.9 Å². The summed E-state index contributed by atoms with van der Waals surface area (Å²) in [5.74, 6) is 0. The summed E-state index contributed by atoms with van der Waals surface area (Å²) in [6.45, 7) is 2.95. The Labute approximate surface area is 97.1 Å². The molecule has 1 heterocycles. The molecule has 1 N–H and O–H groups in total. The molecule has 2 nitrogen and oxygen atoms in total. The van der Waals surface area contributed by atoms with Gasteiger partial charge in [-0.15, -0.1) is 11.3 Å². The van der Waals surface area contributed by atoms with E-state index < -0.39 is 0 Å². The van der Waals surface area contributed by atoms with Crippen molar-refractivity contribution in [1.29, 1.82) is 5.26 Å². The average molecular weight is 273 g/mol. The van der Waals surface area contributed by atoms with Crippen molar-refractivity contribution in [1.82, 2.24) is 5.32 Å². The second-order valence-electron chi connectivity index (χ2n) is 3.05. The minimum atomic E-state index is 0.320. The van der Waals surface area contributed by atoms with Crippen molar-refractivity contribution in [3.05, 3.63) is 20.8 Å². The molecule has 76 valence electrons. The third-order valence-electron chi connectivity index (χ3n) is 2.02. The molecule has 1 atom stereocenters. The van der Waals surface area contributed by atoms with Gasteiger partial charge in [0.15, 0.2) is 0 Å². The van der Waals surface area contributed by atoms with Gasteiger partial charge in [0.1, 0.15) is 0 Å². The molecule has 0 amide bonds. The highest BCUT2D eigenvalue weighted by atomic mass is 79.9. The van der Waals surface area contributed by atoms with Gasteiger partial charge in [-0.25, -0.2) is 0 Å². The zero-order valence-corrected chi connectivity index (χ0v) is 10.5. The second kappa shape index (κ2) is 6.18. The van der Waals surface area contributed by atoms with Gasteiger partial charge in [-0.2, -0.15) is 5.26 Å². The molecule has 1 rings (SSSR count). The van der Waals surface area contributed by atoms with E-state index in [2.05, 4.69) is 40.3 Å². The molecule has 14 heavy (non-hydrogen) atoms. The Bertz CT molecular complexity index is 316. The molecule has 0 aromatic carbocycles. The van der Waals surface area contributed by atoms with Gasteiger partial charge in [0.25, 0.3) is 0 Å². The lowest BCUT2D eigenvalue weighted by molar-refractivity contribution is 0.507. The summed E-state index contributed by atoms with van der Waals surface area (Å²) in [4.78, 5) is 1.30. The monoisotopic (exact) mass is 272 g/mol. The van der Waals surface area contributed by atoms with Crippen molar-refractivity contribution >= 4 is 27.3 Å². The number of nitrogens with one attached hydrogen (secondary N) is 1. The molecule has 0 aliphatic rings. The van der Waals surface area contributed by atoms with Gasteiger partial charge in [0, 0.05) is 17.5 Å². The molecule has 0 unspecified atom stereocenters. The summed E-state index contributed by atoms with van der Waals surface area (Å²) in [6.07, 6.45) is 1.59. The lowest BCUT2D eigenvalue weighted by atomic mass is 10.2. The first kappa shape index (κ1) is 11.7. The fourth-order valence-corrected chi connectivity index (χ4v) is 2.60. The third kappa shape index (κ3) is 3.79. The largest absolute Gasteiger partial charge is 0.308 e. The molecular weight excluding hydrogens is 260 g/mol. The van der Waals surface area contributed by atoms with Crippen molar-refractivity contribution in [3.8, 4) is 6.07 Å². The number of thiophene rings is 1. The minimum Gasteiger partial charge on any atom is -0.308 e. The third-order valence-corrected chi connectivity index (χ3v) is 3.65. The highest BCUT2D eigenvalue weighted by molar-refractivity contribution is 9.11. The normalized spacial score (nSPS) is 12.4. The van der Waals surface area contributed by atoms with Crippen LogP contribution in [-0.4, -0.2) is 6.04 Å². The molecule has 1 aromatic rings. The van der Waals surface area contributed by atoms with Crippen LogP contribution in [0, 0.1) is 11.3 Å². The van der Waals surface area contributed by atoms with Gasteiger partial charge in [-0.1, -0.05) is 6.92 Å². The number of halogens is 1. The first-order valence-corrected chi connectivity index (χ1v) is 6.21. The van der Waals surface area contributed by atoms with E-state index in [0.29, 0.717) is 12.5 Å². The van der Waals surface area contributed by atoms with E-state index in [0.717, 1.165) is 16.8 Å². The first-order chi connectivity index (χ1) is 6.76. The number of nitrogens with zero attached hydrogens (tertiary/aromatic N) is 1. The molecular formula is C10H13BrN2S. The number of nitriles is 1. The standard InChI is InChI=1S/C10H13BrN2S/c1-2-8(5-6-12)13-7-9-3-4-10(11)14-9/h3-4,8,13H,2,5,7H2,1H3/t8-/m0/s1. The minimum absolute atomic E-state index is 0.320.